The number of ether oxygens (including phenoxy) is 1. The number of carbonyl (C=O) groups is 1. The molecule has 4 aromatic rings. The minimum atomic E-state index is -0.501. The van der Waals surface area contributed by atoms with Crippen molar-refractivity contribution >= 4 is 37.8 Å². The first-order valence-corrected chi connectivity index (χ1v) is 10.4. The molecule has 0 aliphatic carbocycles. The third-order valence-electron chi connectivity index (χ3n) is 4.37. The van der Waals surface area contributed by atoms with Gasteiger partial charge >= 0.3 is 5.97 Å². The predicted octanol–water partition coefficient (Wildman–Crippen LogP) is 6.17. The molecule has 2 heterocycles. The highest BCUT2D eigenvalue weighted by atomic mass is 79.9. The van der Waals surface area contributed by atoms with Crippen LogP contribution in [-0.4, -0.2) is 22.9 Å². The van der Waals surface area contributed by atoms with E-state index in [2.05, 4.69) is 31.9 Å². The normalized spacial score (nSPS) is 10.9. The fourth-order valence-electron chi connectivity index (χ4n) is 3.03. The number of esters is 1. The quantitative estimate of drug-likeness (QED) is 0.298. The van der Waals surface area contributed by atoms with Gasteiger partial charge in [-0.3, -0.25) is 4.68 Å². The molecule has 0 radical (unpaired) electrons. The maximum Gasteiger partial charge on any atom is 0.373 e. The van der Waals surface area contributed by atoms with Crippen molar-refractivity contribution in [3.8, 4) is 22.5 Å². The summed E-state index contributed by atoms with van der Waals surface area (Å²) in [5.74, 6) is 0.287. The third-order valence-corrected chi connectivity index (χ3v) is 5.36. The second-order valence-electron chi connectivity index (χ2n) is 6.35. The lowest BCUT2D eigenvalue weighted by molar-refractivity contribution is 0.0563. The summed E-state index contributed by atoms with van der Waals surface area (Å²) in [6.45, 7) is 0.382. The maximum absolute atomic E-state index is 11.7. The van der Waals surface area contributed by atoms with E-state index in [0.717, 1.165) is 31.5 Å². The molecular formula is C22H16Br2N2O3. The Kier molecular flexibility index (Phi) is 5.69. The fraction of sp³-hybridized carbons (Fsp3) is 0.0909. The molecule has 7 heteroatoms. The number of methoxy groups -OCH3 is 1. The molecule has 2 aromatic carbocycles. The lowest BCUT2D eigenvalue weighted by atomic mass is 10.1. The van der Waals surface area contributed by atoms with Gasteiger partial charge in [0.1, 0.15) is 5.76 Å². The van der Waals surface area contributed by atoms with Gasteiger partial charge in [0.2, 0.25) is 5.76 Å². The van der Waals surface area contributed by atoms with Crippen molar-refractivity contribution < 1.29 is 13.9 Å². The fourth-order valence-corrected chi connectivity index (χ4v) is 3.83. The van der Waals surface area contributed by atoms with Crippen LogP contribution in [0.2, 0.25) is 0 Å². The molecule has 0 atom stereocenters. The molecule has 4 rings (SSSR count). The number of hydrogen-bond donors (Lipinski definition) is 0. The van der Waals surface area contributed by atoms with Gasteiger partial charge in [-0.25, -0.2) is 4.79 Å². The van der Waals surface area contributed by atoms with Crippen LogP contribution in [0.25, 0.3) is 22.5 Å². The monoisotopic (exact) mass is 514 g/mol. The Balaban J connectivity index is 1.76. The van der Waals surface area contributed by atoms with Crippen LogP contribution in [0.5, 0.6) is 0 Å². The van der Waals surface area contributed by atoms with E-state index in [-0.39, 0.29) is 5.76 Å². The van der Waals surface area contributed by atoms with E-state index >= 15 is 0 Å². The molecular weight excluding hydrogens is 500 g/mol. The molecule has 2 aromatic heterocycles. The predicted molar refractivity (Wildman–Crippen MR) is 118 cm³/mol. The highest BCUT2D eigenvalue weighted by molar-refractivity contribution is 9.10. The van der Waals surface area contributed by atoms with E-state index in [0.29, 0.717) is 12.3 Å². The van der Waals surface area contributed by atoms with Crippen molar-refractivity contribution in [3.63, 3.8) is 0 Å². The number of halogens is 2. The summed E-state index contributed by atoms with van der Waals surface area (Å²) in [6.07, 6.45) is 0. The largest absolute Gasteiger partial charge is 0.463 e. The number of aromatic nitrogens is 2. The standard InChI is InChI=1S/C22H16Br2N2O3/c1-28-22(27)21-9-8-18(29-21)13-26-20(15-5-3-7-17(24)11-15)12-19(25-26)14-4-2-6-16(23)10-14/h2-12H,13H2,1H3. The lowest BCUT2D eigenvalue weighted by Crippen LogP contribution is -2.04. The van der Waals surface area contributed by atoms with Gasteiger partial charge in [0.05, 0.1) is 25.0 Å². The van der Waals surface area contributed by atoms with Gasteiger partial charge in [-0.1, -0.05) is 56.1 Å². The topological polar surface area (TPSA) is 57.3 Å². The zero-order valence-corrected chi connectivity index (χ0v) is 18.6. The van der Waals surface area contributed by atoms with Gasteiger partial charge in [0.25, 0.3) is 0 Å². The van der Waals surface area contributed by atoms with Crippen LogP contribution in [0.1, 0.15) is 16.3 Å². The molecule has 146 valence electrons. The minimum absolute atomic E-state index is 0.172. The van der Waals surface area contributed by atoms with E-state index in [4.69, 9.17) is 14.3 Å². The number of nitrogens with zero attached hydrogens (tertiary/aromatic N) is 2. The van der Waals surface area contributed by atoms with Crippen molar-refractivity contribution in [1.82, 2.24) is 9.78 Å². The van der Waals surface area contributed by atoms with E-state index in [1.165, 1.54) is 7.11 Å². The summed E-state index contributed by atoms with van der Waals surface area (Å²) in [4.78, 5) is 11.7. The van der Waals surface area contributed by atoms with E-state index in [1.807, 2.05) is 59.3 Å². The molecule has 5 nitrogen and oxygen atoms in total. The SMILES string of the molecule is COC(=O)c1ccc(Cn2nc(-c3cccc(Br)c3)cc2-c2cccc(Br)c2)o1. The first-order chi connectivity index (χ1) is 14.0. The number of furan rings is 1. The molecule has 0 N–H and O–H groups in total. The highest BCUT2D eigenvalue weighted by Gasteiger charge is 2.16. The third kappa shape index (κ3) is 4.36. The van der Waals surface area contributed by atoms with Crippen LogP contribution in [0.3, 0.4) is 0 Å². The van der Waals surface area contributed by atoms with Crippen molar-refractivity contribution in [2.75, 3.05) is 7.11 Å². The summed E-state index contributed by atoms with van der Waals surface area (Å²) >= 11 is 7.05. The lowest BCUT2D eigenvalue weighted by Gasteiger charge is -2.06. The summed E-state index contributed by atoms with van der Waals surface area (Å²) < 4.78 is 14.2. The smallest absolute Gasteiger partial charge is 0.373 e. The zero-order valence-electron chi connectivity index (χ0n) is 15.4. The molecule has 0 fully saturated rings. The highest BCUT2D eigenvalue weighted by Crippen LogP contribution is 2.30. The Labute approximate surface area is 184 Å². The van der Waals surface area contributed by atoms with E-state index < -0.39 is 5.97 Å². The number of rotatable bonds is 5. The van der Waals surface area contributed by atoms with Crippen LogP contribution in [0.4, 0.5) is 0 Å². The minimum Gasteiger partial charge on any atom is -0.463 e. The van der Waals surface area contributed by atoms with E-state index in [1.54, 1.807) is 12.1 Å². The van der Waals surface area contributed by atoms with Crippen LogP contribution in [-0.2, 0) is 11.3 Å². The maximum atomic E-state index is 11.7. The Hall–Kier alpha value is -2.64. The van der Waals surface area contributed by atoms with Crippen molar-refractivity contribution in [1.29, 1.82) is 0 Å². The second-order valence-corrected chi connectivity index (χ2v) is 8.18. The van der Waals surface area contributed by atoms with Gasteiger partial charge in [-0.05, 0) is 42.5 Å². The average Bonchev–Trinajstić information content (AvgIpc) is 3.35. The molecule has 0 bridgehead atoms. The molecule has 29 heavy (non-hydrogen) atoms. The van der Waals surface area contributed by atoms with Crippen molar-refractivity contribution in [2.24, 2.45) is 0 Å². The van der Waals surface area contributed by atoms with Crippen LogP contribution in [0, 0.1) is 0 Å². The summed E-state index contributed by atoms with van der Waals surface area (Å²) in [5, 5.41) is 4.80. The summed E-state index contributed by atoms with van der Waals surface area (Å²) in [6, 6.07) is 21.5. The molecule has 0 saturated heterocycles. The van der Waals surface area contributed by atoms with Crippen molar-refractivity contribution in [3.05, 3.63) is 87.2 Å². The van der Waals surface area contributed by atoms with Gasteiger partial charge < -0.3 is 9.15 Å². The first-order valence-electron chi connectivity index (χ1n) is 8.80. The Morgan fingerprint density at radius 2 is 1.69 bits per heavy atom. The molecule has 0 saturated carbocycles. The van der Waals surface area contributed by atoms with Gasteiger partial charge in [-0.2, -0.15) is 5.10 Å². The summed E-state index contributed by atoms with van der Waals surface area (Å²) in [7, 11) is 1.33. The molecule has 0 amide bonds. The Morgan fingerprint density at radius 1 is 1.00 bits per heavy atom. The zero-order chi connectivity index (χ0) is 20.4. The van der Waals surface area contributed by atoms with Gasteiger partial charge in [-0.15, -0.1) is 0 Å². The number of hydrogen-bond acceptors (Lipinski definition) is 4. The average molecular weight is 516 g/mol. The number of benzene rings is 2. The van der Waals surface area contributed by atoms with Crippen LogP contribution < -0.4 is 0 Å². The van der Waals surface area contributed by atoms with Crippen LogP contribution >= 0.6 is 31.9 Å². The Morgan fingerprint density at radius 3 is 2.38 bits per heavy atom. The van der Waals surface area contributed by atoms with E-state index in [9.17, 15) is 4.79 Å². The van der Waals surface area contributed by atoms with Gasteiger partial charge in [0, 0.05) is 20.1 Å². The Bertz CT molecular complexity index is 1180. The first kappa shape index (κ1) is 19.7. The molecule has 0 spiro atoms. The number of carbonyl (C=O) groups excluding carboxylic acids is 1. The molecule has 0 aliphatic rings. The molecule has 0 unspecified atom stereocenters. The second kappa shape index (κ2) is 8.39. The van der Waals surface area contributed by atoms with Crippen molar-refractivity contribution in [2.45, 2.75) is 6.54 Å². The molecule has 0 aliphatic heterocycles. The summed E-state index contributed by atoms with van der Waals surface area (Å²) in [5.41, 5.74) is 3.82. The van der Waals surface area contributed by atoms with Gasteiger partial charge in [0.15, 0.2) is 0 Å². The van der Waals surface area contributed by atoms with Crippen LogP contribution in [0.15, 0.2) is 80.1 Å².